The zero-order valence-corrected chi connectivity index (χ0v) is 35.4. The number of allylic oxidation sites excluding steroid dienone is 10. The molecule has 0 N–H and O–H groups in total. The molecule has 6 aliphatic carbocycles. The predicted molar refractivity (Wildman–Crippen MR) is 261 cm³/mol. The molecule has 1 spiro atoms. The van der Waals surface area contributed by atoms with Crippen molar-refractivity contribution in [2.75, 3.05) is 4.90 Å². The van der Waals surface area contributed by atoms with E-state index in [0.717, 1.165) is 44.9 Å². The lowest BCUT2D eigenvalue weighted by Gasteiger charge is -2.42. The highest BCUT2D eigenvalue weighted by Gasteiger charge is 2.54. The number of nitrogens with zero attached hydrogens (tertiary/aromatic N) is 1. The Labute approximate surface area is 365 Å². The molecule has 0 saturated heterocycles. The van der Waals surface area contributed by atoms with Crippen LogP contribution in [-0.4, -0.2) is 6.04 Å². The van der Waals surface area contributed by atoms with Crippen LogP contribution in [0.1, 0.15) is 90.0 Å². The third-order valence-corrected chi connectivity index (χ3v) is 15.4. The minimum Gasteiger partial charge on any atom is -0.342 e. The van der Waals surface area contributed by atoms with Crippen LogP contribution in [0.25, 0.3) is 55.3 Å². The number of rotatable bonds is 7. The summed E-state index contributed by atoms with van der Waals surface area (Å²) < 4.78 is 0. The first-order valence-electron chi connectivity index (χ1n) is 23.1. The van der Waals surface area contributed by atoms with Gasteiger partial charge in [-0.2, -0.15) is 0 Å². The van der Waals surface area contributed by atoms with Gasteiger partial charge >= 0.3 is 0 Å². The molecule has 13 rings (SSSR count). The maximum absolute atomic E-state index is 2.84. The van der Waals surface area contributed by atoms with Gasteiger partial charge in [0.05, 0.1) is 0 Å². The lowest BCUT2D eigenvalue weighted by molar-refractivity contribution is 0.339. The quantitative estimate of drug-likeness (QED) is 0.155. The van der Waals surface area contributed by atoms with Gasteiger partial charge in [0.2, 0.25) is 0 Å². The number of fused-ring (bicyclic) bond motifs is 10. The van der Waals surface area contributed by atoms with Crippen LogP contribution in [0.5, 0.6) is 0 Å². The Morgan fingerprint density at radius 1 is 0.565 bits per heavy atom. The largest absolute Gasteiger partial charge is 0.342 e. The van der Waals surface area contributed by atoms with Crippen LogP contribution in [0.2, 0.25) is 0 Å². The number of hydrogen-bond acceptors (Lipinski definition) is 1. The minimum absolute atomic E-state index is 0.194. The summed E-state index contributed by atoms with van der Waals surface area (Å²) in [5.41, 5.74) is 25.3. The number of anilines is 1. The van der Waals surface area contributed by atoms with Gasteiger partial charge in [0.25, 0.3) is 0 Å². The van der Waals surface area contributed by atoms with Crippen LogP contribution in [0.4, 0.5) is 5.69 Å². The number of benzene rings is 7. The molecular weight excluding hydrogens is 747 g/mol. The van der Waals surface area contributed by atoms with Crippen molar-refractivity contribution in [2.45, 2.75) is 63.3 Å². The van der Waals surface area contributed by atoms with Gasteiger partial charge in [0.15, 0.2) is 0 Å². The first-order valence-corrected chi connectivity index (χ1v) is 23.1. The summed E-state index contributed by atoms with van der Waals surface area (Å²) in [6, 6.07) is 58.7. The Balaban J connectivity index is 1.02. The van der Waals surface area contributed by atoms with E-state index in [-0.39, 0.29) is 5.41 Å². The van der Waals surface area contributed by atoms with Gasteiger partial charge in [-0.1, -0.05) is 177 Å². The van der Waals surface area contributed by atoms with E-state index in [4.69, 9.17) is 0 Å². The van der Waals surface area contributed by atoms with E-state index in [2.05, 4.69) is 194 Å². The second-order valence-electron chi connectivity index (χ2n) is 18.4. The predicted octanol–water partition coefficient (Wildman–Crippen LogP) is 15.4. The molecule has 298 valence electrons. The van der Waals surface area contributed by atoms with Crippen molar-refractivity contribution in [2.24, 2.45) is 5.92 Å². The van der Waals surface area contributed by atoms with Crippen molar-refractivity contribution in [3.8, 4) is 22.3 Å². The molecule has 0 aromatic heterocycles. The lowest BCUT2D eigenvalue weighted by atomic mass is 9.65. The highest BCUT2D eigenvalue weighted by Crippen LogP contribution is 2.62. The molecule has 7 aromatic rings. The average Bonchev–Trinajstić information content (AvgIpc) is 3.63. The van der Waals surface area contributed by atoms with Crippen LogP contribution < -0.4 is 4.90 Å². The fraction of sp³-hybridized carbons (Fsp3) is 0.180. The zero-order valence-electron chi connectivity index (χ0n) is 35.4. The molecule has 6 bridgehead atoms. The Bertz CT molecular complexity index is 3150. The zero-order chi connectivity index (χ0) is 40.9. The van der Waals surface area contributed by atoms with Crippen molar-refractivity contribution in [1.29, 1.82) is 0 Å². The van der Waals surface area contributed by atoms with Crippen LogP contribution in [-0.2, 0) is 11.8 Å². The maximum Gasteiger partial charge on any atom is 0.0498 e. The van der Waals surface area contributed by atoms with Crippen LogP contribution >= 0.6 is 0 Å². The van der Waals surface area contributed by atoms with Crippen molar-refractivity contribution in [1.82, 2.24) is 0 Å². The van der Waals surface area contributed by atoms with E-state index in [1.165, 1.54) is 111 Å². The molecule has 6 aliphatic rings. The Kier molecular flexibility index (Phi) is 8.08. The molecule has 0 fully saturated rings. The number of hydrogen-bond donors (Lipinski definition) is 0. The van der Waals surface area contributed by atoms with Crippen LogP contribution in [0, 0.1) is 5.92 Å². The Morgan fingerprint density at radius 2 is 1.19 bits per heavy atom. The van der Waals surface area contributed by atoms with Crippen LogP contribution in [0.3, 0.4) is 0 Å². The van der Waals surface area contributed by atoms with Crippen molar-refractivity contribution in [3.63, 3.8) is 0 Å². The molecule has 0 heterocycles. The smallest absolute Gasteiger partial charge is 0.0498 e. The standard InChI is InChI=1S/C61H49N/c1-2-16-43(37-42-35-41-19-8-11-28-56(41)61(42)57-29-12-9-21-48(57)49-22-10-13-30-58(49)61)62(44-32-31-39-17-6-7-18-40(39)36-44)45-33-34-47-52-25-15-26-53-54-27-14-24-51(60(54)55(47)38-45)46-20-4-3-5-23-50(46)59(52)53/h4-15,17-32,36,38,42-43H,2-3,16,33-35,37H2,1H3. The SMILES string of the molecule is CCCC(CC1Cc2ccccc2C12c1ccccc1-c1ccccc12)N(C1=CC2=C(CC1)c1cccc3c1C1=C(C=CCC=C1)c1cccc-3c12)c1ccc2ccccc2c1. The molecule has 0 radical (unpaired) electrons. The van der Waals surface area contributed by atoms with E-state index < -0.39 is 0 Å². The van der Waals surface area contributed by atoms with E-state index in [1.807, 2.05) is 0 Å². The second kappa shape index (κ2) is 13.9. The second-order valence-corrected chi connectivity index (χ2v) is 18.4. The van der Waals surface area contributed by atoms with E-state index in [0.29, 0.717) is 12.0 Å². The average molecular weight is 796 g/mol. The summed E-state index contributed by atoms with van der Waals surface area (Å²) in [5.74, 6) is 0.392. The third kappa shape index (κ3) is 5.03. The molecule has 7 aromatic carbocycles. The summed E-state index contributed by atoms with van der Waals surface area (Å²) in [6.45, 7) is 2.40. The summed E-state index contributed by atoms with van der Waals surface area (Å²) in [5, 5.41) is 2.59. The Hall–Kier alpha value is -6.70. The summed E-state index contributed by atoms with van der Waals surface area (Å²) >= 11 is 0. The molecule has 2 unspecified atom stereocenters. The molecule has 1 heteroatoms. The Morgan fingerprint density at radius 3 is 1.97 bits per heavy atom. The van der Waals surface area contributed by atoms with Gasteiger partial charge in [-0.05, 0) is 162 Å². The summed E-state index contributed by atoms with van der Waals surface area (Å²) in [6.07, 6.45) is 19.5. The highest BCUT2D eigenvalue weighted by atomic mass is 15.2. The monoisotopic (exact) mass is 795 g/mol. The summed E-state index contributed by atoms with van der Waals surface area (Å²) in [7, 11) is 0. The topological polar surface area (TPSA) is 3.24 Å². The van der Waals surface area contributed by atoms with Gasteiger partial charge in [-0.25, -0.2) is 0 Å². The molecule has 62 heavy (non-hydrogen) atoms. The molecule has 0 saturated carbocycles. The van der Waals surface area contributed by atoms with E-state index >= 15 is 0 Å². The lowest BCUT2D eigenvalue weighted by Crippen LogP contribution is -2.41. The third-order valence-electron chi connectivity index (χ3n) is 15.4. The molecule has 2 atom stereocenters. The fourth-order valence-electron chi connectivity index (χ4n) is 13.0. The van der Waals surface area contributed by atoms with Crippen molar-refractivity contribution >= 4 is 38.8 Å². The first-order chi connectivity index (χ1) is 30.7. The first kappa shape index (κ1) is 36.0. The molecule has 0 aliphatic heterocycles. The normalized spacial score (nSPS) is 18.4. The van der Waals surface area contributed by atoms with Gasteiger partial charge < -0.3 is 4.90 Å². The van der Waals surface area contributed by atoms with Crippen LogP contribution in [0.15, 0.2) is 188 Å². The summed E-state index contributed by atoms with van der Waals surface area (Å²) in [4.78, 5) is 2.84. The fourth-order valence-corrected chi connectivity index (χ4v) is 13.0. The van der Waals surface area contributed by atoms with Gasteiger partial charge in [-0.3, -0.25) is 0 Å². The van der Waals surface area contributed by atoms with E-state index in [9.17, 15) is 0 Å². The maximum atomic E-state index is 2.84. The highest BCUT2D eigenvalue weighted by molar-refractivity contribution is 6.18. The van der Waals surface area contributed by atoms with Gasteiger partial charge in [0.1, 0.15) is 0 Å². The molecule has 0 amide bonds. The van der Waals surface area contributed by atoms with Crippen molar-refractivity contribution in [3.05, 3.63) is 232 Å². The molecular formula is C61H49N. The van der Waals surface area contributed by atoms with E-state index in [1.54, 1.807) is 0 Å². The van der Waals surface area contributed by atoms with Crippen molar-refractivity contribution < 1.29 is 0 Å². The van der Waals surface area contributed by atoms with Gasteiger partial charge in [0, 0.05) is 22.8 Å². The minimum atomic E-state index is -0.194. The molecule has 1 nitrogen and oxygen atoms in total. The van der Waals surface area contributed by atoms with Gasteiger partial charge in [-0.15, -0.1) is 0 Å².